The lowest BCUT2D eigenvalue weighted by Crippen LogP contribution is -2.29. The van der Waals surface area contributed by atoms with Crippen LogP contribution in [0.15, 0.2) is 60.2 Å². The van der Waals surface area contributed by atoms with E-state index in [-0.39, 0.29) is 16.4 Å². The molecule has 1 aromatic heterocycles. The number of fused-ring (bicyclic) bond motifs is 2. The number of benzene rings is 3. The number of aliphatic hydroxyl groups excluding tert-OH is 1. The minimum atomic E-state index is -0.982. The summed E-state index contributed by atoms with van der Waals surface area (Å²) in [7, 11) is 0. The lowest BCUT2D eigenvalue weighted by molar-refractivity contribution is -0.132. The second-order valence-corrected chi connectivity index (χ2v) is 10.5. The van der Waals surface area contributed by atoms with Crippen LogP contribution in [0.1, 0.15) is 22.7 Å². The molecule has 0 spiro atoms. The zero-order valence-electron chi connectivity index (χ0n) is 19.3. The molecule has 1 N–H and O–H groups in total. The van der Waals surface area contributed by atoms with Gasteiger partial charge in [0.05, 0.1) is 31.9 Å². The molecule has 0 unspecified atom stereocenters. The Kier molecular flexibility index (Phi) is 5.82. The fourth-order valence-corrected chi connectivity index (χ4v) is 5.89. The van der Waals surface area contributed by atoms with Gasteiger partial charge in [-0.05, 0) is 60.5 Å². The number of carbonyl (C=O) groups excluding carboxylic acids is 2. The number of hydrogen-bond donors (Lipinski definition) is 1. The van der Waals surface area contributed by atoms with Gasteiger partial charge in [0.2, 0.25) is 0 Å². The first-order valence-corrected chi connectivity index (χ1v) is 12.9. The van der Waals surface area contributed by atoms with Crippen molar-refractivity contribution in [1.29, 1.82) is 0 Å². The molecule has 1 saturated heterocycles. The third-order valence-electron chi connectivity index (χ3n) is 6.26. The molecule has 3 aromatic carbocycles. The predicted octanol–water partition coefficient (Wildman–Crippen LogP) is 6.31. The molecule has 2 aliphatic rings. The van der Waals surface area contributed by atoms with Crippen LogP contribution in [-0.2, 0) is 9.59 Å². The van der Waals surface area contributed by atoms with E-state index in [1.165, 1.54) is 16.2 Å². The molecule has 1 atom stereocenters. The van der Waals surface area contributed by atoms with E-state index in [4.69, 9.17) is 32.7 Å². The maximum absolute atomic E-state index is 13.5. The molecular formula is C27H18Cl2N2O5S. The van der Waals surface area contributed by atoms with Gasteiger partial charge in [0.1, 0.15) is 19.0 Å². The summed E-state index contributed by atoms with van der Waals surface area (Å²) in [6.45, 7) is 2.75. The lowest BCUT2D eigenvalue weighted by atomic mass is 9.95. The van der Waals surface area contributed by atoms with E-state index >= 15 is 0 Å². The third-order valence-corrected chi connectivity index (χ3v) is 8.01. The Morgan fingerprint density at radius 3 is 2.57 bits per heavy atom. The van der Waals surface area contributed by atoms with Gasteiger partial charge in [0, 0.05) is 5.56 Å². The van der Waals surface area contributed by atoms with E-state index in [1.807, 2.05) is 25.1 Å². The highest BCUT2D eigenvalue weighted by molar-refractivity contribution is 7.22. The average molecular weight is 553 g/mol. The molecule has 0 radical (unpaired) electrons. The van der Waals surface area contributed by atoms with Crippen LogP contribution < -0.4 is 14.4 Å². The minimum absolute atomic E-state index is 0.0875. The van der Waals surface area contributed by atoms with Gasteiger partial charge in [-0.15, -0.1) is 0 Å². The van der Waals surface area contributed by atoms with Gasteiger partial charge in [-0.3, -0.25) is 14.5 Å². The van der Waals surface area contributed by atoms with Gasteiger partial charge >= 0.3 is 5.91 Å². The summed E-state index contributed by atoms with van der Waals surface area (Å²) in [6.07, 6.45) is 0. The Labute approximate surface area is 225 Å². The molecule has 0 aliphatic carbocycles. The van der Waals surface area contributed by atoms with Crippen LogP contribution in [0.25, 0.3) is 16.0 Å². The van der Waals surface area contributed by atoms with Crippen LogP contribution in [0.4, 0.5) is 5.13 Å². The van der Waals surface area contributed by atoms with Crippen LogP contribution in [-0.4, -0.2) is 35.0 Å². The SMILES string of the molecule is Cc1ccc2nc(N3C(=O)C(=O)/C(=C(/O)c4ccc5c(c4)OCCO5)[C@H]3c3ccc(Cl)c(Cl)c3)sc2c1. The van der Waals surface area contributed by atoms with Gasteiger partial charge in [0.15, 0.2) is 16.6 Å². The molecule has 2 aliphatic heterocycles. The molecule has 1 amide bonds. The molecule has 3 heterocycles. The number of Topliss-reactive ketones (excluding diaryl/α,β-unsaturated/α-hetero) is 1. The Balaban J connectivity index is 1.55. The fourth-order valence-electron chi connectivity index (χ4n) is 4.50. The predicted molar refractivity (Wildman–Crippen MR) is 143 cm³/mol. The summed E-state index contributed by atoms with van der Waals surface area (Å²) >= 11 is 13.8. The second kappa shape index (κ2) is 9.06. The van der Waals surface area contributed by atoms with Gasteiger partial charge in [0.25, 0.3) is 5.78 Å². The molecule has 7 nitrogen and oxygen atoms in total. The summed E-state index contributed by atoms with van der Waals surface area (Å²) in [5, 5.41) is 12.3. The highest BCUT2D eigenvalue weighted by Gasteiger charge is 2.48. The molecule has 1 fully saturated rings. The van der Waals surface area contributed by atoms with Crippen molar-refractivity contribution in [1.82, 2.24) is 4.98 Å². The molecule has 6 rings (SSSR count). The zero-order valence-corrected chi connectivity index (χ0v) is 21.7. The van der Waals surface area contributed by atoms with Gasteiger partial charge in [-0.1, -0.05) is 46.7 Å². The van der Waals surface area contributed by atoms with E-state index in [0.29, 0.717) is 51.5 Å². The van der Waals surface area contributed by atoms with E-state index in [0.717, 1.165) is 10.3 Å². The maximum Gasteiger partial charge on any atom is 0.301 e. The Hall–Kier alpha value is -3.59. The number of hydrogen-bond acceptors (Lipinski definition) is 7. The van der Waals surface area contributed by atoms with Crippen molar-refractivity contribution in [3.63, 3.8) is 0 Å². The summed E-state index contributed by atoms with van der Waals surface area (Å²) in [5.41, 5.74) is 2.47. The minimum Gasteiger partial charge on any atom is -0.507 e. The largest absolute Gasteiger partial charge is 0.507 e. The molecule has 186 valence electrons. The lowest BCUT2D eigenvalue weighted by Gasteiger charge is -2.23. The number of halogens is 2. The van der Waals surface area contributed by atoms with Crippen molar-refractivity contribution >= 4 is 67.3 Å². The number of rotatable bonds is 3. The Morgan fingerprint density at radius 1 is 1.00 bits per heavy atom. The second-order valence-electron chi connectivity index (χ2n) is 8.67. The van der Waals surface area contributed by atoms with Crippen LogP contribution >= 0.6 is 34.5 Å². The number of nitrogens with zero attached hydrogens (tertiary/aromatic N) is 2. The van der Waals surface area contributed by atoms with E-state index < -0.39 is 17.7 Å². The van der Waals surface area contributed by atoms with Crippen LogP contribution in [0.2, 0.25) is 10.0 Å². The van der Waals surface area contributed by atoms with Crippen molar-refractivity contribution in [2.75, 3.05) is 18.1 Å². The highest BCUT2D eigenvalue weighted by Crippen LogP contribution is 2.46. The van der Waals surface area contributed by atoms with E-state index in [1.54, 1.807) is 36.4 Å². The van der Waals surface area contributed by atoms with Crippen LogP contribution in [0.3, 0.4) is 0 Å². The molecular weight excluding hydrogens is 535 g/mol. The number of aryl methyl sites for hydroxylation is 1. The van der Waals surface area contributed by atoms with Gasteiger partial charge < -0.3 is 14.6 Å². The van der Waals surface area contributed by atoms with Crippen molar-refractivity contribution < 1.29 is 24.2 Å². The van der Waals surface area contributed by atoms with Crippen LogP contribution in [0, 0.1) is 6.92 Å². The first kappa shape index (κ1) is 23.8. The molecule has 37 heavy (non-hydrogen) atoms. The van der Waals surface area contributed by atoms with Crippen molar-refractivity contribution in [3.8, 4) is 11.5 Å². The number of aliphatic hydroxyl groups is 1. The first-order chi connectivity index (χ1) is 17.8. The number of carbonyl (C=O) groups is 2. The van der Waals surface area contributed by atoms with Crippen molar-refractivity contribution in [2.45, 2.75) is 13.0 Å². The monoisotopic (exact) mass is 552 g/mol. The summed E-state index contributed by atoms with van der Waals surface area (Å²) in [6, 6.07) is 14.5. The zero-order chi connectivity index (χ0) is 25.8. The summed E-state index contributed by atoms with van der Waals surface area (Å²) < 4.78 is 12.1. The quantitative estimate of drug-likeness (QED) is 0.182. The first-order valence-electron chi connectivity index (χ1n) is 11.3. The topological polar surface area (TPSA) is 89.0 Å². The number of anilines is 1. The van der Waals surface area contributed by atoms with E-state index in [2.05, 4.69) is 4.98 Å². The normalized spacial score (nSPS) is 18.6. The van der Waals surface area contributed by atoms with E-state index in [9.17, 15) is 14.7 Å². The molecule has 10 heteroatoms. The molecule has 0 saturated carbocycles. The highest BCUT2D eigenvalue weighted by atomic mass is 35.5. The third kappa shape index (κ3) is 4.01. The number of ether oxygens (including phenoxy) is 2. The number of aromatic nitrogens is 1. The van der Waals surface area contributed by atoms with Gasteiger partial charge in [-0.25, -0.2) is 4.98 Å². The summed E-state index contributed by atoms with van der Waals surface area (Å²) in [5.74, 6) is -0.998. The molecule has 0 bridgehead atoms. The standard InChI is InChI=1S/C27H18Cl2N2O5S/c1-13-2-6-18-21(10-13)37-27(30-18)31-23(14-3-5-16(28)17(29)11-14)22(25(33)26(31)34)24(32)15-4-7-19-20(12-15)36-9-8-35-19/h2-7,10-12,23,32H,8-9H2,1H3/b24-22+/t23-/m1/s1. The van der Waals surface area contributed by atoms with Gasteiger partial charge in [-0.2, -0.15) is 0 Å². The molecule has 4 aromatic rings. The fraction of sp³-hybridized carbons (Fsp3) is 0.148. The average Bonchev–Trinajstić information content (AvgIpc) is 3.42. The van der Waals surface area contributed by atoms with Crippen LogP contribution in [0.5, 0.6) is 11.5 Å². The van der Waals surface area contributed by atoms with Crippen molar-refractivity contribution in [2.24, 2.45) is 0 Å². The smallest absolute Gasteiger partial charge is 0.301 e. The Morgan fingerprint density at radius 2 is 1.78 bits per heavy atom. The summed E-state index contributed by atoms with van der Waals surface area (Å²) in [4.78, 5) is 32.9. The number of ketones is 1. The maximum atomic E-state index is 13.5. The Bertz CT molecular complexity index is 1650. The number of amides is 1. The number of thiazole rings is 1. The van der Waals surface area contributed by atoms with Crippen molar-refractivity contribution in [3.05, 3.63) is 86.9 Å².